The third kappa shape index (κ3) is 5.91. The first-order chi connectivity index (χ1) is 23.7. The number of halogens is 2. The summed E-state index contributed by atoms with van der Waals surface area (Å²) in [4.78, 5) is 31.9. The fraction of sp³-hybridized carbons (Fsp3) is 0.459. The minimum atomic E-state index is -3.02. The van der Waals surface area contributed by atoms with Gasteiger partial charge in [-0.2, -0.15) is 4.98 Å². The smallest absolute Gasteiger partial charge is 0.410 e. The van der Waals surface area contributed by atoms with E-state index in [-0.39, 0.29) is 46.4 Å². The number of anilines is 1. The molecule has 1 unspecified atom stereocenters. The summed E-state index contributed by atoms with van der Waals surface area (Å²) in [6, 6.07) is 20.0. The Labute approximate surface area is 303 Å². The summed E-state index contributed by atoms with van der Waals surface area (Å²) in [5.74, 6) is -0.0443. The van der Waals surface area contributed by atoms with E-state index in [2.05, 4.69) is 84.2 Å². The highest BCUT2D eigenvalue weighted by Crippen LogP contribution is 2.47. The number of carbonyl (C=O) groups is 1. The van der Waals surface area contributed by atoms with Crippen LogP contribution in [0.3, 0.4) is 0 Å². The van der Waals surface area contributed by atoms with Crippen LogP contribution in [0.15, 0.2) is 65.8 Å². The number of amides is 1. The van der Waals surface area contributed by atoms with Gasteiger partial charge < -0.3 is 18.8 Å². The number of ether oxygens (including phenoxy) is 2. The maximum Gasteiger partial charge on any atom is 0.410 e. The van der Waals surface area contributed by atoms with Crippen LogP contribution in [-0.2, 0) is 9.16 Å². The van der Waals surface area contributed by atoms with E-state index in [1.807, 2.05) is 44.1 Å². The molecule has 0 spiro atoms. The number of hydrogen-bond donors (Lipinski definition) is 0. The first-order valence-electron chi connectivity index (χ1n) is 17.0. The Morgan fingerprint density at radius 3 is 2.22 bits per heavy atom. The number of hydrogen-bond acceptors (Lipinski definition) is 9. The van der Waals surface area contributed by atoms with Crippen molar-refractivity contribution < 1.29 is 23.1 Å². The molecule has 9 nitrogen and oxygen atoms in total. The first kappa shape index (κ1) is 35.0. The van der Waals surface area contributed by atoms with Crippen molar-refractivity contribution in [1.82, 2.24) is 19.9 Å². The fourth-order valence-electron chi connectivity index (χ4n) is 8.03. The minimum Gasteiger partial charge on any atom is -0.469 e. The van der Waals surface area contributed by atoms with Gasteiger partial charge in [0.05, 0.1) is 24.7 Å². The number of thioether (sulfide) groups is 1. The van der Waals surface area contributed by atoms with Gasteiger partial charge in [0.2, 0.25) is 5.88 Å². The number of pyridine rings is 1. The van der Waals surface area contributed by atoms with Gasteiger partial charge in [-0.1, -0.05) is 105 Å². The van der Waals surface area contributed by atoms with Crippen molar-refractivity contribution in [3.05, 3.63) is 71.6 Å². The molecule has 0 radical (unpaired) electrons. The van der Waals surface area contributed by atoms with Gasteiger partial charge in [0, 0.05) is 6.54 Å². The minimum absolute atomic E-state index is 0.0589. The first-order valence-corrected chi connectivity index (χ1v) is 20.5. The van der Waals surface area contributed by atoms with Crippen molar-refractivity contribution >= 4 is 64.9 Å². The zero-order valence-corrected chi connectivity index (χ0v) is 32.0. The molecule has 264 valence electrons. The van der Waals surface area contributed by atoms with Crippen molar-refractivity contribution in [2.24, 2.45) is 0 Å². The van der Waals surface area contributed by atoms with Gasteiger partial charge in [-0.05, 0) is 55.3 Å². The number of carbonyl (C=O) groups excluding carboxylic acids is 1. The van der Waals surface area contributed by atoms with Gasteiger partial charge in [-0.3, -0.25) is 4.90 Å². The molecule has 0 saturated carbocycles. The quantitative estimate of drug-likeness (QED) is 0.0915. The molecule has 5 heterocycles. The zero-order valence-electron chi connectivity index (χ0n) is 29.4. The van der Waals surface area contributed by atoms with E-state index in [1.54, 1.807) is 0 Å². The van der Waals surface area contributed by atoms with E-state index in [9.17, 15) is 4.79 Å². The summed E-state index contributed by atoms with van der Waals surface area (Å²) in [5, 5.41) is 2.42. The molecule has 4 atom stereocenters. The van der Waals surface area contributed by atoms with Crippen LogP contribution in [-0.4, -0.2) is 83.5 Å². The predicted molar refractivity (Wildman–Crippen MR) is 198 cm³/mol. The zero-order chi connectivity index (χ0) is 35.6. The number of rotatable bonds is 6. The summed E-state index contributed by atoms with van der Waals surface area (Å²) >= 11 is 7.74. The molecule has 0 aliphatic carbocycles. The largest absolute Gasteiger partial charge is 0.469 e. The van der Waals surface area contributed by atoms with Crippen LogP contribution in [0.5, 0.6) is 5.88 Å². The number of benzene rings is 2. The molecule has 7 rings (SSSR count). The average molecular weight is 736 g/mol. The predicted octanol–water partition coefficient (Wildman–Crippen LogP) is 6.83. The van der Waals surface area contributed by atoms with Crippen molar-refractivity contribution in [3.63, 3.8) is 0 Å². The Kier molecular flexibility index (Phi) is 9.06. The van der Waals surface area contributed by atoms with Gasteiger partial charge in [-0.25, -0.2) is 19.2 Å². The van der Waals surface area contributed by atoms with E-state index in [1.165, 1.54) is 11.8 Å². The fourth-order valence-corrected chi connectivity index (χ4v) is 13.1. The lowest BCUT2D eigenvalue weighted by Gasteiger charge is -2.49. The van der Waals surface area contributed by atoms with E-state index in [0.29, 0.717) is 22.9 Å². The Morgan fingerprint density at radius 1 is 1.00 bits per heavy atom. The normalized spacial score (nSPS) is 21.9. The van der Waals surface area contributed by atoms with E-state index < -0.39 is 31.9 Å². The Morgan fingerprint density at radius 2 is 1.64 bits per heavy atom. The van der Waals surface area contributed by atoms with Crippen molar-refractivity contribution in [3.8, 4) is 5.88 Å². The molecule has 2 aromatic carbocycles. The molecule has 2 aromatic heterocycles. The standard InChI is InChI=1S/C37H43ClFN5O4SSi/c1-36(2,3)48-35(45)44-22-18-19-25(44)30-26(21-46-50(37(4,5)6,23-14-10-8-11-15-23)24-16-12-9-13-17-24)47-33-27-29(28(39)31(38)41-33)40-34(49-7)42-32(27)43(30)20-22/h8-17,22,25-26,30H,18-21H2,1-7H3/t22-,25+,26?,30+/m1/s1. The summed E-state index contributed by atoms with van der Waals surface area (Å²) in [6.45, 7) is 12.9. The molecule has 2 bridgehead atoms. The third-order valence-electron chi connectivity index (χ3n) is 9.96. The molecule has 50 heavy (non-hydrogen) atoms. The van der Waals surface area contributed by atoms with Crippen molar-refractivity contribution in [2.45, 2.75) is 94.4 Å². The molecular formula is C37H43ClFN5O4SSi. The number of fused-ring (bicyclic) bond motifs is 5. The van der Waals surface area contributed by atoms with Crippen LogP contribution in [0.25, 0.3) is 10.9 Å². The second-order valence-electron chi connectivity index (χ2n) is 15.2. The molecule has 2 saturated heterocycles. The highest BCUT2D eigenvalue weighted by Gasteiger charge is 2.56. The molecule has 3 aliphatic heterocycles. The van der Waals surface area contributed by atoms with Crippen LogP contribution in [0.4, 0.5) is 15.0 Å². The Balaban J connectivity index is 1.39. The van der Waals surface area contributed by atoms with Crippen LogP contribution in [0.2, 0.25) is 10.2 Å². The maximum atomic E-state index is 15.7. The molecular weight excluding hydrogens is 693 g/mol. The maximum absolute atomic E-state index is 15.7. The van der Waals surface area contributed by atoms with Crippen LogP contribution in [0, 0.1) is 5.82 Å². The lowest BCUT2D eigenvalue weighted by atomic mass is 9.97. The SMILES string of the molecule is CSc1nc2c3c(nc(Cl)c(F)c3n1)OC(CO[Si](c1ccccc1)(c1ccccc1)C(C)(C)C)[C@@H]1[C@@H]3CC[C@H](CN21)N3C(=O)OC(C)(C)C. The van der Waals surface area contributed by atoms with Crippen LogP contribution in [0.1, 0.15) is 54.4 Å². The van der Waals surface area contributed by atoms with Crippen LogP contribution < -0.4 is 20.0 Å². The summed E-state index contributed by atoms with van der Waals surface area (Å²) in [7, 11) is -3.02. The van der Waals surface area contributed by atoms with Gasteiger partial charge in [0.1, 0.15) is 28.4 Å². The van der Waals surface area contributed by atoms with E-state index in [4.69, 9.17) is 30.5 Å². The van der Waals surface area contributed by atoms with E-state index in [0.717, 1.165) is 23.2 Å². The van der Waals surface area contributed by atoms with Gasteiger partial charge in [0.15, 0.2) is 16.1 Å². The van der Waals surface area contributed by atoms with Gasteiger partial charge >= 0.3 is 6.09 Å². The second-order valence-corrected chi connectivity index (χ2v) is 20.7. The van der Waals surface area contributed by atoms with Crippen molar-refractivity contribution in [1.29, 1.82) is 0 Å². The lowest BCUT2D eigenvalue weighted by Crippen LogP contribution is -2.69. The number of aromatic nitrogens is 3. The highest BCUT2D eigenvalue weighted by molar-refractivity contribution is 7.98. The summed E-state index contributed by atoms with van der Waals surface area (Å²) in [5.41, 5.74) is -0.608. The van der Waals surface area contributed by atoms with Crippen molar-refractivity contribution in [2.75, 3.05) is 24.3 Å². The van der Waals surface area contributed by atoms with Crippen LogP contribution >= 0.6 is 23.4 Å². The van der Waals surface area contributed by atoms with E-state index >= 15 is 4.39 Å². The molecule has 1 amide bonds. The monoisotopic (exact) mass is 735 g/mol. The molecule has 2 fully saturated rings. The molecule has 3 aliphatic rings. The lowest BCUT2D eigenvalue weighted by molar-refractivity contribution is -0.00492. The summed E-state index contributed by atoms with van der Waals surface area (Å²) in [6.07, 6.45) is 2.35. The molecule has 4 aromatic rings. The third-order valence-corrected chi connectivity index (χ3v) is 15.8. The Bertz CT molecular complexity index is 1870. The number of nitrogens with zero attached hydrogens (tertiary/aromatic N) is 5. The molecule has 0 N–H and O–H groups in total. The number of piperazine rings is 1. The highest BCUT2D eigenvalue weighted by atomic mass is 35.5. The molecule has 13 heteroatoms. The topological polar surface area (TPSA) is 89.9 Å². The Hall–Kier alpha value is -3.45. The summed E-state index contributed by atoms with van der Waals surface area (Å²) < 4.78 is 36.1. The van der Waals surface area contributed by atoms with Gasteiger partial charge in [-0.15, -0.1) is 0 Å². The average Bonchev–Trinajstić information content (AvgIpc) is 3.32. The second kappa shape index (κ2) is 12.9. The van der Waals surface area contributed by atoms with Gasteiger partial charge in [0.25, 0.3) is 8.32 Å².